The fourth-order valence-electron chi connectivity index (χ4n) is 2.26. The second-order valence-corrected chi connectivity index (χ2v) is 6.36. The number of alkyl halides is 3. The smallest absolute Gasteiger partial charge is 0.434 e. The molecule has 0 amide bonds. The van der Waals surface area contributed by atoms with E-state index in [1.807, 2.05) is 18.2 Å². The summed E-state index contributed by atoms with van der Waals surface area (Å²) < 4.78 is 48.2. The van der Waals surface area contributed by atoms with E-state index in [4.69, 9.17) is 9.47 Å². The number of hydrogen-bond acceptors (Lipinski definition) is 5. The van der Waals surface area contributed by atoms with Gasteiger partial charge in [0, 0.05) is 19.0 Å². The molecule has 0 fully saturated rings. The van der Waals surface area contributed by atoms with Crippen LogP contribution in [-0.4, -0.2) is 38.8 Å². The van der Waals surface area contributed by atoms with Gasteiger partial charge in [-0.2, -0.15) is 13.2 Å². The van der Waals surface area contributed by atoms with Crippen molar-refractivity contribution < 1.29 is 22.6 Å². The summed E-state index contributed by atoms with van der Waals surface area (Å²) in [6.45, 7) is 0.748. The van der Waals surface area contributed by atoms with Gasteiger partial charge >= 0.3 is 6.18 Å². The number of methoxy groups -OCH3 is 2. The van der Waals surface area contributed by atoms with Gasteiger partial charge in [-0.15, -0.1) is 35.3 Å². The zero-order valence-corrected chi connectivity index (χ0v) is 18.7. The first-order valence-electron chi connectivity index (χ1n) is 8.04. The third-order valence-corrected chi connectivity index (χ3v) is 4.48. The van der Waals surface area contributed by atoms with Crippen molar-refractivity contribution in [3.63, 3.8) is 0 Å². The van der Waals surface area contributed by atoms with E-state index in [1.165, 1.54) is 0 Å². The molecule has 0 aliphatic carbocycles. The lowest BCUT2D eigenvalue weighted by Gasteiger charge is -2.12. The first kappa shape index (κ1) is 24.3. The summed E-state index contributed by atoms with van der Waals surface area (Å²) >= 11 is 0.955. The standard InChI is InChI=1S/C17H21F3N4O2S.HI/c1-21-16(23-9-15-24-14(10-27-15)17(18,19)20)22-7-6-11-4-5-12(25-2)13(8-11)26-3;/h4-5,8,10H,6-7,9H2,1-3H3,(H2,21,22,23);1H. The van der Waals surface area contributed by atoms with Crippen molar-refractivity contribution in [2.45, 2.75) is 19.1 Å². The molecule has 2 N–H and O–H groups in total. The lowest BCUT2D eigenvalue weighted by atomic mass is 10.1. The highest BCUT2D eigenvalue weighted by molar-refractivity contribution is 14.0. The summed E-state index contributed by atoms with van der Waals surface area (Å²) in [6.07, 6.45) is -3.72. The Labute approximate surface area is 182 Å². The number of aromatic nitrogens is 1. The minimum Gasteiger partial charge on any atom is -0.493 e. The van der Waals surface area contributed by atoms with Crippen molar-refractivity contribution in [1.29, 1.82) is 0 Å². The number of hydrogen-bond donors (Lipinski definition) is 2. The van der Waals surface area contributed by atoms with Gasteiger partial charge in [0.25, 0.3) is 0 Å². The maximum Gasteiger partial charge on any atom is 0.434 e. The van der Waals surface area contributed by atoms with Crippen LogP contribution in [0.5, 0.6) is 11.5 Å². The summed E-state index contributed by atoms with van der Waals surface area (Å²) in [6, 6.07) is 5.67. The Morgan fingerprint density at radius 2 is 1.89 bits per heavy atom. The highest BCUT2D eigenvalue weighted by Gasteiger charge is 2.33. The molecule has 1 aromatic carbocycles. The molecule has 2 aromatic rings. The Bertz CT molecular complexity index is 784. The maximum atomic E-state index is 12.6. The Kier molecular flexibility index (Phi) is 9.79. The van der Waals surface area contributed by atoms with Gasteiger partial charge in [-0.1, -0.05) is 6.07 Å². The molecule has 0 unspecified atom stereocenters. The predicted molar refractivity (Wildman–Crippen MR) is 114 cm³/mol. The molecule has 0 aliphatic heterocycles. The summed E-state index contributed by atoms with van der Waals surface area (Å²) in [5, 5.41) is 7.41. The van der Waals surface area contributed by atoms with Crippen LogP contribution < -0.4 is 20.1 Å². The van der Waals surface area contributed by atoms with Crippen LogP contribution in [0.25, 0.3) is 0 Å². The van der Waals surface area contributed by atoms with Crippen molar-refractivity contribution in [3.8, 4) is 11.5 Å². The Morgan fingerprint density at radius 3 is 2.46 bits per heavy atom. The average molecular weight is 530 g/mol. The number of nitrogens with zero attached hydrogens (tertiary/aromatic N) is 2. The van der Waals surface area contributed by atoms with E-state index in [9.17, 15) is 13.2 Å². The van der Waals surface area contributed by atoms with E-state index >= 15 is 0 Å². The number of rotatable bonds is 7. The summed E-state index contributed by atoms with van der Waals surface area (Å²) in [5.74, 6) is 1.80. The first-order valence-corrected chi connectivity index (χ1v) is 8.92. The van der Waals surface area contributed by atoms with Crippen molar-refractivity contribution >= 4 is 41.3 Å². The number of nitrogens with one attached hydrogen (secondary N) is 2. The third-order valence-electron chi connectivity index (χ3n) is 3.63. The molecular weight excluding hydrogens is 508 g/mol. The molecule has 0 aliphatic rings. The van der Waals surface area contributed by atoms with Crippen LogP contribution in [0.3, 0.4) is 0 Å². The molecule has 156 valence electrons. The van der Waals surface area contributed by atoms with Gasteiger partial charge in [0.15, 0.2) is 23.2 Å². The summed E-state index contributed by atoms with van der Waals surface area (Å²) in [5.41, 5.74) is 0.172. The van der Waals surface area contributed by atoms with E-state index < -0.39 is 11.9 Å². The number of guanidine groups is 1. The van der Waals surface area contributed by atoms with E-state index in [0.29, 0.717) is 35.4 Å². The minimum absolute atomic E-state index is 0. The van der Waals surface area contributed by atoms with Crippen LogP contribution in [0.4, 0.5) is 13.2 Å². The molecule has 11 heteroatoms. The molecular formula is C17H22F3IN4O2S. The van der Waals surface area contributed by atoms with Gasteiger partial charge in [-0.3, -0.25) is 4.99 Å². The molecule has 0 radical (unpaired) electrons. The number of thiazole rings is 1. The minimum atomic E-state index is -4.42. The number of benzene rings is 1. The van der Waals surface area contributed by atoms with Crippen LogP contribution in [-0.2, 0) is 19.1 Å². The molecule has 2 rings (SSSR count). The van der Waals surface area contributed by atoms with Gasteiger partial charge in [0.05, 0.1) is 20.8 Å². The fourth-order valence-corrected chi connectivity index (χ4v) is 3.00. The second-order valence-electron chi connectivity index (χ2n) is 5.42. The van der Waals surface area contributed by atoms with Gasteiger partial charge in [-0.25, -0.2) is 4.98 Å². The van der Waals surface area contributed by atoms with Gasteiger partial charge in [0.1, 0.15) is 5.01 Å². The van der Waals surface area contributed by atoms with E-state index in [-0.39, 0.29) is 30.5 Å². The zero-order valence-electron chi connectivity index (χ0n) is 15.6. The summed E-state index contributed by atoms with van der Waals surface area (Å²) in [7, 11) is 4.75. The normalized spacial score (nSPS) is 11.6. The van der Waals surface area contributed by atoms with E-state index in [0.717, 1.165) is 22.3 Å². The van der Waals surface area contributed by atoms with Crippen molar-refractivity contribution in [1.82, 2.24) is 15.6 Å². The van der Waals surface area contributed by atoms with Crippen molar-refractivity contribution in [3.05, 3.63) is 39.8 Å². The molecule has 0 saturated heterocycles. The Hall–Kier alpha value is -1.76. The van der Waals surface area contributed by atoms with E-state index in [1.54, 1.807) is 21.3 Å². The molecule has 1 heterocycles. The Morgan fingerprint density at radius 1 is 1.18 bits per heavy atom. The number of halogens is 4. The van der Waals surface area contributed by atoms with E-state index in [2.05, 4.69) is 20.6 Å². The quantitative estimate of drug-likeness (QED) is 0.325. The third kappa shape index (κ3) is 7.00. The van der Waals surface area contributed by atoms with Gasteiger partial charge in [0.2, 0.25) is 0 Å². The molecule has 0 atom stereocenters. The SMILES string of the molecule is CN=C(NCCc1ccc(OC)c(OC)c1)NCc1nc(C(F)(F)F)cs1.I. The predicted octanol–water partition coefficient (Wildman–Crippen LogP) is 3.70. The summed E-state index contributed by atoms with van der Waals surface area (Å²) in [4.78, 5) is 7.63. The molecule has 6 nitrogen and oxygen atoms in total. The highest BCUT2D eigenvalue weighted by Crippen LogP contribution is 2.30. The van der Waals surface area contributed by atoms with Crippen LogP contribution >= 0.6 is 35.3 Å². The van der Waals surface area contributed by atoms with Crippen LogP contribution in [0, 0.1) is 0 Å². The number of ether oxygens (including phenoxy) is 2. The van der Waals surface area contributed by atoms with Crippen LogP contribution in [0.1, 0.15) is 16.3 Å². The van der Waals surface area contributed by atoms with Crippen molar-refractivity contribution in [2.24, 2.45) is 4.99 Å². The topological polar surface area (TPSA) is 67.8 Å². The Balaban J connectivity index is 0.00000392. The van der Waals surface area contributed by atoms with Crippen LogP contribution in [0.2, 0.25) is 0 Å². The number of aliphatic imine (C=N–C) groups is 1. The molecule has 0 bridgehead atoms. The molecule has 28 heavy (non-hydrogen) atoms. The maximum absolute atomic E-state index is 12.6. The fraction of sp³-hybridized carbons (Fsp3) is 0.412. The largest absolute Gasteiger partial charge is 0.493 e. The highest BCUT2D eigenvalue weighted by atomic mass is 127. The molecule has 0 saturated carbocycles. The van der Waals surface area contributed by atoms with Gasteiger partial charge in [-0.05, 0) is 24.1 Å². The zero-order chi connectivity index (χ0) is 19.9. The van der Waals surface area contributed by atoms with Gasteiger partial charge < -0.3 is 20.1 Å². The first-order chi connectivity index (χ1) is 12.9. The lowest BCUT2D eigenvalue weighted by molar-refractivity contribution is -0.140. The second kappa shape index (κ2) is 11.3. The van der Waals surface area contributed by atoms with Crippen molar-refractivity contribution in [2.75, 3.05) is 27.8 Å². The molecule has 1 aromatic heterocycles. The lowest BCUT2D eigenvalue weighted by Crippen LogP contribution is -2.37. The molecule has 0 spiro atoms. The van der Waals surface area contributed by atoms with Crippen LogP contribution in [0.15, 0.2) is 28.6 Å². The monoisotopic (exact) mass is 530 g/mol. The average Bonchev–Trinajstić information content (AvgIpc) is 3.13.